The SMILES string of the molecule is C#CCC(NC(=O)Nc1ccc(Cl)c(Cl)c1)C(=O)O. The number of carbonyl (C=O) groups excluding carboxylic acids is 1. The fourth-order valence-electron chi connectivity index (χ4n) is 1.22. The molecule has 1 atom stereocenters. The van der Waals surface area contributed by atoms with E-state index in [0.717, 1.165) is 0 Å². The Morgan fingerprint density at radius 2 is 2.05 bits per heavy atom. The van der Waals surface area contributed by atoms with Gasteiger partial charge in [-0.1, -0.05) is 23.2 Å². The van der Waals surface area contributed by atoms with Crippen LogP contribution >= 0.6 is 23.2 Å². The maximum absolute atomic E-state index is 11.6. The summed E-state index contributed by atoms with van der Waals surface area (Å²) in [5, 5.41) is 14.1. The van der Waals surface area contributed by atoms with Crippen molar-refractivity contribution in [1.82, 2.24) is 5.32 Å². The molecule has 0 bridgehead atoms. The standard InChI is InChI=1S/C12H10Cl2N2O3/c1-2-3-10(11(17)18)16-12(19)15-7-4-5-8(13)9(14)6-7/h1,4-6,10H,3H2,(H,17,18)(H2,15,16,19). The van der Waals surface area contributed by atoms with Gasteiger partial charge in [-0.25, -0.2) is 9.59 Å². The zero-order chi connectivity index (χ0) is 14.4. The first-order valence-corrected chi connectivity index (χ1v) is 5.88. The molecule has 0 radical (unpaired) electrons. The number of benzene rings is 1. The van der Waals surface area contributed by atoms with Gasteiger partial charge in [-0.2, -0.15) is 0 Å². The summed E-state index contributed by atoms with van der Waals surface area (Å²) < 4.78 is 0. The van der Waals surface area contributed by atoms with Crippen molar-refractivity contribution in [3.05, 3.63) is 28.2 Å². The molecule has 0 fully saturated rings. The second kappa shape index (κ2) is 6.88. The van der Waals surface area contributed by atoms with Gasteiger partial charge < -0.3 is 15.7 Å². The van der Waals surface area contributed by atoms with Gasteiger partial charge in [0.25, 0.3) is 0 Å². The third kappa shape index (κ3) is 4.70. The van der Waals surface area contributed by atoms with Crippen molar-refractivity contribution in [2.75, 3.05) is 5.32 Å². The predicted octanol–water partition coefficient (Wildman–Crippen LogP) is 2.59. The van der Waals surface area contributed by atoms with E-state index in [9.17, 15) is 9.59 Å². The van der Waals surface area contributed by atoms with E-state index in [1.807, 2.05) is 0 Å². The van der Waals surface area contributed by atoms with E-state index in [-0.39, 0.29) is 11.4 Å². The van der Waals surface area contributed by atoms with E-state index in [1.165, 1.54) is 18.2 Å². The number of hydrogen-bond donors (Lipinski definition) is 3. The molecular formula is C12H10Cl2N2O3. The Balaban J connectivity index is 2.66. The van der Waals surface area contributed by atoms with Crippen molar-refractivity contribution in [3.8, 4) is 12.3 Å². The average molecular weight is 301 g/mol. The zero-order valence-electron chi connectivity index (χ0n) is 9.61. The molecule has 0 aromatic heterocycles. The highest BCUT2D eigenvalue weighted by molar-refractivity contribution is 6.42. The molecule has 1 aromatic rings. The lowest BCUT2D eigenvalue weighted by molar-refractivity contribution is -0.139. The molecule has 1 aromatic carbocycles. The molecule has 5 nitrogen and oxygen atoms in total. The Labute approximate surface area is 119 Å². The molecule has 0 heterocycles. The normalized spacial score (nSPS) is 11.2. The lowest BCUT2D eigenvalue weighted by Gasteiger charge is -2.13. The van der Waals surface area contributed by atoms with Crippen molar-refractivity contribution in [2.45, 2.75) is 12.5 Å². The number of urea groups is 1. The van der Waals surface area contributed by atoms with Crippen LogP contribution in [-0.2, 0) is 4.79 Å². The van der Waals surface area contributed by atoms with Crippen LogP contribution in [0.15, 0.2) is 18.2 Å². The van der Waals surface area contributed by atoms with Crippen LogP contribution in [0.1, 0.15) is 6.42 Å². The Bertz CT molecular complexity index is 540. The average Bonchev–Trinajstić information content (AvgIpc) is 2.33. The highest BCUT2D eigenvalue weighted by atomic mass is 35.5. The van der Waals surface area contributed by atoms with E-state index >= 15 is 0 Å². The van der Waals surface area contributed by atoms with Gasteiger partial charge in [0.1, 0.15) is 6.04 Å². The number of carbonyl (C=O) groups is 2. The molecule has 0 aliphatic rings. The van der Waals surface area contributed by atoms with Crippen LogP contribution in [0.3, 0.4) is 0 Å². The molecule has 3 N–H and O–H groups in total. The Hall–Kier alpha value is -1.90. The minimum absolute atomic E-state index is 0.107. The highest BCUT2D eigenvalue weighted by Crippen LogP contribution is 2.24. The molecule has 7 heteroatoms. The van der Waals surface area contributed by atoms with Crippen LogP contribution in [0.2, 0.25) is 10.0 Å². The topological polar surface area (TPSA) is 78.4 Å². The number of hydrogen-bond acceptors (Lipinski definition) is 2. The van der Waals surface area contributed by atoms with Gasteiger partial charge in [0.2, 0.25) is 0 Å². The summed E-state index contributed by atoms with van der Waals surface area (Å²) in [4.78, 5) is 22.4. The maximum Gasteiger partial charge on any atom is 0.327 e. The van der Waals surface area contributed by atoms with E-state index in [0.29, 0.717) is 10.7 Å². The molecule has 0 saturated carbocycles. The van der Waals surface area contributed by atoms with E-state index < -0.39 is 18.0 Å². The highest BCUT2D eigenvalue weighted by Gasteiger charge is 2.18. The van der Waals surface area contributed by atoms with Gasteiger partial charge >= 0.3 is 12.0 Å². The zero-order valence-corrected chi connectivity index (χ0v) is 11.1. The summed E-state index contributed by atoms with van der Waals surface area (Å²) in [6.07, 6.45) is 4.91. The van der Waals surface area contributed by atoms with Crippen molar-refractivity contribution >= 4 is 40.9 Å². The molecule has 0 aliphatic carbocycles. The van der Waals surface area contributed by atoms with Gasteiger partial charge in [0.15, 0.2) is 0 Å². The van der Waals surface area contributed by atoms with Gasteiger partial charge in [0.05, 0.1) is 10.0 Å². The molecule has 0 spiro atoms. The van der Waals surface area contributed by atoms with Gasteiger partial charge in [-0.15, -0.1) is 12.3 Å². The molecule has 1 rings (SSSR count). The smallest absolute Gasteiger partial charge is 0.327 e. The summed E-state index contributed by atoms with van der Waals surface area (Å²) in [6.45, 7) is 0. The molecular weight excluding hydrogens is 291 g/mol. The van der Waals surface area contributed by atoms with Crippen LogP contribution in [0.25, 0.3) is 0 Å². The number of rotatable bonds is 4. The third-order valence-corrected chi connectivity index (χ3v) is 2.84. The van der Waals surface area contributed by atoms with Crippen molar-refractivity contribution in [1.29, 1.82) is 0 Å². The van der Waals surface area contributed by atoms with Crippen molar-refractivity contribution in [3.63, 3.8) is 0 Å². The van der Waals surface area contributed by atoms with Crippen LogP contribution in [0, 0.1) is 12.3 Å². The minimum atomic E-state index is -1.21. The second-order valence-corrected chi connectivity index (χ2v) is 4.34. The molecule has 2 amide bonds. The Morgan fingerprint density at radius 1 is 1.37 bits per heavy atom. The number of halogens is 2. The van der Waals surface area contributed by atoms with Gasteiger partial charge in [0, 0.05) is 12.1 Å². The van der Waals surface area contributed by atoms with Crippen molar-refractivity contribution in [2.24, 2.45) is 0 Å². The third-order valence-electron chi connectivity index (χ3n) is 2.10. The lowest BCUT2D eigenvalue weighted by Crippen LogP contribution is -2.42. The molecule has 0 saturated heterocycles. The van der Waals surface area contributed by atoms with E-state index in [2.05, 4.69) is 16.6 Å². The number of anilines is 1. The van der Waals surface area contributed by atoms with Crippen LogP contribution in [0.4, 0.5) is 10.5 Å². The number of aliphatic carboxylic acids is 1. The maximum atomic E-state index is 11.6. The Kier molecular flexibility index (Phi) is 5.49. The number of carboxylic acids is 1. The van der Waals surface area contributed by atoms with E-state index in [4.69, 9.17) is 34.7 Å². The van der Waals surface area contributed by atoms with Crippen LogP contribution in [0.5, 0.6) is 0 Å². The first-order chi connectivity index (χ1) is 8.93. The fourth-order valence-corrected chi connectivity index (χ4v) is 1.52. The monoisotopic (exact) mass is 300 g/mol. The number of amides is 2. The van der Waals surface area contributed by atoms with Crippen molar-refractivity contribution < 1.29 is 14.7 Å². The van der Waals surface area contributed by atoms with Gasteiger partial charge in [-0.3, -0.25) is 0 Å². The van der Waals surface area contributed by atoms with Crippen LogP contribution < -0.4 is 10.6 Å². The summed E-state index contributed by atoms with van der Waals surface area (Å²) in [7, 11) is 0. The summed E-state index contributed by atoms with van der Waals surface area (Å²) in [5.41, 5.74) is 0.386. The van der Waals surface area contributed by atoms with Crippen LogP contribution in [-0.4, -0.2) is 23.1 Å². The van der Waals surface area contributed by atoms with E-state index in [1.54, 1.807) is 0 Å². The first-order valence-electron chi connectivity index (χ1n) is 5.13. The first kappa shape index (κ1) is 15.2. The summed E-state index contributed by atoms with van der Waals surface area (Å²) in [5.74, 6) is 0.967. The second-order valence-electron chi connectivity index (χ2n) is 3.53. The summed E-state index contributed by atoms with van der Waals surface area (Å²) >= 11 is 11.5. The molecule has 1 unspecified atom stereocenters. The summed E-state index contributed by atoms with van der Waals surface area (Å²) in [6, 6.07) is 2.65. The molecule has 19 heavy (non-hydrogen) atoms. The minimum Gasteiger partial charge on any atom is -0.480 e. The predicted molar refractivity (Wildman–Crippen MR) is 73.5 cm³/mol. The molecule has 0 aliphatic heterocycles. The lowest BCUT2D eigenvalue weighted by atomic mass is 10.2. The quantitative estimate of drug-likeness (QED) is 0.748. The van der Waals surface area contributed by atoms with Gasteiger partial charge in [-0.05, 0) is 18.2 Å². The fraction of sp³-hybridized carbons (Fsp3) is 0.167. The largest absolute Gasteiger partial charge is 0.480 e. The molecule has 100 valence electrons. The number of nitrogens with one attached hydrogen (secondary N) is 2. The number of terminal acetylenes is 1. The number of carboxylic acid groups (broad SMARTS) is 1. The Morgan fingerprint density at radius 3 is 2.58 bits per heavy atom.